The highest BCUT2D eigenvalue weighted by molar-refractivity contribution is 7.89. The van der Waals surface area contributed by atoms with Gasteiger partial charge in [-0.2, -0.15) is 4.31 Å². The number of hydrogen-bond acceptors (Lipinski definition) is 4. The van der Waals surface area contributed by atoms with E-state index in [9.17, 15) is 22.4 Å². The summed E-state index contributed by atoms with van der Waals surface area (Å²) in [6, 6.07) is 4.04. The van der Waals surface area contributed by atoms with E-state index >= 15 is 0 Å². The highest BCUT2D eigenvalue weighted by Crippen LogP contribution is 2.33. The van der Waals surface area contributed by atoms with Crippen molar-refractivity contribution in [2.45, 2.75) is 83.7 Å². The fraction of sp³-hybridized carbons (Fsp3) is 0.667. The Hall–Kier alpha value is -2.00. The van der Waals surface area contributed by atoms with Crippen LogP contribution < -0.4 is 10.2 Å². The Morgan fingerprint density at radius 3 is 2.42 bits per heavy atom. The van der Waals surface area contributed by atoms with Crippen molar-refractivity contribution in [1.82, 2.24) is 9.62 Å². The van der Waals surface area contributed by atoms with Crippen LogP contribution in [0.25, 0.3) is 0 Å². The van der Waals surface area contributed by atoms with Crippen LogP contribution >= 0.6 is 0 Å². The van der Waals surface area contributed by atoms with Crippen LogP contribution in [-0.2, 0) is 19.6 Å². The molecular weight excluding hydrogens is 445 g/mol. The first-order valence-corrected chi connectivity index (χ1v) is 13.6. The maximum atomic E-state index is 13.8. The summed E-state index contributed by atoms with van der Waals surface area (Å²) in [7, 11) is -3.69. The molecule has 184 valence electrons. The average molecular weight is 482 g/mol. The van der Waals surface area contributed by atoms with E-state index in [1.165, 1.54) is 29.5 Å². The molecule has 1 saturated carbocycles. The van der Waals surface area contributed by atoms with Gasteiger partial charge in [-0.15, -0.1) is 0 Å². The Morgan fingerprint density at radius 1 is 1.18 bits per heavy atom. The Labute approximate surface area is 196 Å². The van der Waals surface area contributed by atoms with Crippen LogP contribution in [0.4, 0.5) is 10.1 Å². The largest absolute Gasteiger partial charge is 0.351 e. The van der Waals surface area contributed by atoms with Gasteiger partial charge in [0.05, 0.1) is 12.3 Å². The Kier molecular flexibility index (Phi) is 8.16. The van der Waals surface area contributed by atoms with Crippen LogP contribution in [0.3, 0.4) is 0 Å². The average Bonchev–Trinajstić information content (AvgIpc) is 2.70. The normalized spacial score (nSPS) is 23.8. The zero-order valence-electron chi connectivity index (χ0n) is 19.9. The van der Waals surface area contributed by atoms with Crippen molar-refractivity contribution in [3.05, 3.63) is 29.6 Å². The minimum absolute atomic E-state index is 0.0106. The van der Waals surface area contributed by atoms with Crippen LogP contribution in [0.1, 0.15) is 70.8 Å². The number of carbonyl (C=O) groups is 2. The topological polar surface area (TPSA) is 86.8 Å². The molecule has 0 aromatic heterocycles. The van der Waals surface area contributed by atoms with E-state index in [1.54, 1.807) is 20.8 Å². The molecule has 1 aromatic carbocycles. The second-order valence-electron chi connectivity index (χ2n) is 9.53. The van der Waals surface area contributed by atoms with E-state index < -0.39 is 27.3 Å². The Bertz CT molecular complexity index is 976. The number of nitrogens with zero attached hydrogens (tertiary/aromatic N) is 2. The van der Waals surface area contributed by atoms with Crippen LogP contribution in [0.15, 0.2) is 18.2 Å². The second kappa shape index (κ2) is 10.5. The first-order valence-electron chi connectivity index (χ1n) is 12.0. The molecule has 0 unspecified atom stereocenters. The van der Waals surface area contributed by atoms with Crippen molar-refractivity contribution in [1.29, 1.82) is 0 Å². The van der Waals surface area contributed by atoms with Crippen molar-refractivity contribution < 1.29 is 22.4 Å². The van der Waals surface area contributed by atoms with E-state index in [4.69, 9.17) is 0 Å². The van der Waals surface area contributed by atoms with Crippen molar-refractivity contribution in [2.24, 2.45) is 0 Å². The summed E-state index contributed by atoms with van der Waals surface area (Å²) in [5, 5.41) is 3.12. The van der Waals surface area contributed by atoms with Crippen molar-refractivity contribution >= 4 is 27.5 Å². The van der Waals surface area contributed by atoms with Gasteiger partial charge < -0.3 is 5.32 Å². The number of rotatable bonds is 6. The van der Waals surface area contributed by atoms with Gasteiger partial charge in [-0.05, 0) is 56.9 Å². The fourth-order valence-electron chi connectivity index (χ4n) is 4.94. The predicted octanol–water partition coefficient (Wildman–Crippen LogP) is 3.51. The molecule has 1 aliphatic heterocycles. The second-order valence-corrected chi connectivity index (χ2v) is 11.6. The maximum Gasteiger partial charge on any atom is 0.247 e. The summed E-state index contributed by atoms with van der Waals surface area (Å²) in [6.07, 6.45) is 7.66. The zero-order valence-corrected chi connectivity index (χ0v) is 20.7. The summed E-state index contributed by atoms with van der Waals surface area (Å²) in [4.78, 5) is 28.4. The third kappa shape index (κ3) is 5.74. The lowest BCUT2D eigenvalue weighted by molar-refractivity contribution is -0.133. The first kappa shape index (κ1) is 25.6. The summed E-state index contributed by atoms with van der Waals surface area (Å²) in [5.74, 6) is -1.39. The van der Waals surface area contributed by atoms with E-state index in [0.29, 0.717) is 17.7 Å². The van der Waals surface area contributed by atoms with Crippen LogP contribution in [0.2, 0.25) is 0 Å². The molecule has 1 heterocycles. The number of piperazine rings is 1. The van der Waals surface area contributed by atoms with Gasteiger partial charge in [0.25, 0.3) is 0 Å². The van der Waals surface area contributed by atoms with Crippen molar-refractivity contribution in [3.63, 3.8) is 0 Å². The van der Waals surface area contributed by atoms with Gasteiger partial charge in [-0.25, -0.2) is 12.8 Å². The fourth-order valence-corrected chi connectivity index (χ4v) is 6.46. The molecule has 1 saturated heterocycles. The molecule has 0 spiro atoms. The van der Waals surface area contributed by atoms with Crippen LogP contribution in [0.5, 0.6) is 0 Å². The number of sulfonamides is 1. The lowest BCUT2D eigenvalue weighted by Crippen LogP contribution is -2.71. The Morgan fingerprint density at radius 2 is 1.82 bits per heavy atom. The molecule has 2 fully saturated rings. The number of amides is 2. The lowest BCUT2D eigenvalue weighted by Gasteiger charge is -2.47. The van der Waals surface area contributed by atoms with E-state index in [-0.39, 0.29) is 30.8 Å². The monoisotopic (exact) mass is 481 g/mol. The molecule has 3 rings (SSSR count). The number of aryl methyl sites for hydroxylation is 1. The summed E-state index contributed by atoms with van der Waals surface area (Å²) < 4.78 is 40.6. The van der Waals surface area contributed by atoms with Gasteiger partial charge in [-0.3, -0.25) is 14.5 Å². The highest BCUT2D eigenvalue weighted by Gasteiger charge is 2.51. The Balaban J connectivity index is 1.98. The maximum absolute atomic E-state index is 13.8. The number of anilines is 1. The minimum atomic E-state index is -3.69. The molecular formula is C24H36FN3O4S. The predicted molar refractivity (Wildman–Crippen MR) is 127 cm³/mol. The molecule has 33 heavy (non-hydrogen) atoms. The number of benzene rings is 1. The van der Waals surface area contributed by atoms with Gasteiger partial charge in [0, 0.05) is 18.3 Å². The molecule has 1 atom stereocenters. The molecule has 2 aliphatic rings. The number of carbonyl (C=O) groups excluding carboxylic acids is 2. The highest BCUT2D eigenvalue weighted by atomic mass is 32.2. The standard InChI is InChI=1S/C24H36FN3O4S/c1-4-14-33(31,32)27-16-22(29)28(21-13-12-19(25)15-18(21)2)24(3,17-27)23(30)26-20-10-8-6-5-7-9-11-20/h12-13,15,20H,4-11,14,16-17H2,1-3H3,(H,26,30)/t24-/m0/s1. The first-order chi connectivity index (χ1) is 15.6. The lowest BCUT2D eigenvalue weighted by atomic mass is 9.91. The molecule has 0 radical (unpaired) electrons. The molecule has 1 aliphatic carbocycles. The number of nitrogens with one attached hydrogen (secondary N) is 1. The molecule has 0 bridgehead atoms. The number of hydrogen-bond donors (Lipinski definition) is 1. The summed E-state index contributed by atoms with van der Waals surface area (Å²) >= 11 is 0. The molecule has 1 N–H and O–H groups in total. The van der Waals surface area contributed by atoms with Gasteiger partial charge >= 0.3 is 0 Å². The zero-order chi connectivity index (χ0) is 24.2. The van der Waals surface area contributed by atoms with Gasteiger partial charge in [0.2, 0.25) is 21.8 Å². The third-order valence-electron chi connectivity index (χ3n) is 6.72. The van der Waals surface area contributed by atoms with E-state index in [0.717, 1.165) is 42.8 Å². The van der Waals surface area contributed by atoms with Crippen LogP contribution in [-0.4, -0.2) is 55.0 Å². The summed E-state index contributed by atoms with van der Waals surface area (Å²) in [5.41, 5.74) is -0.524. The molecule has 9 heteroatoms. The van der Waals surface area contributed by atoms with E-state index in [2.05, 4.69) is 5.32 Å². The van der Waals surface area contributed by atoms with Crippen molar-refractivity contribution in [2.75, 3.05) is 23.7 Å². The number of halogens is 1. The van der Waals surface area contributed by atoms with Gasteiger partial charge in [0.1, 0.15) is 11.4 Å². The molecule has 7 nitrogen and oxygen atoms in total. The van der Waals surface area contributed by atoms with Crippen LogP contribution in [0, 0.1) is 12.7 Å². The summed E-state index contributed by atoms with van der Waals surface area (Å²) in [6.45, 7) is 4.57. The van der Waals surface area contributed by atoms with Gasteiger partial charge in [-0.1, -0.05) is 39.0 Å². The molecule has 2 amide bonds. The smallest absolute Gasteiger partial charge is 0.247 e. The van der Waals surface area contributed by atoms with Crippen molar-refractivity contribution in [3.8, 4) is 0 Å². The molecule has 1 aromatic rings. The van der Waals surface area contributed by atoms with Gasteiger partial charge in [0.15, 0.2) is 0 Å². The third-order valence-corrected chi connectivity index (χ3v) is 8.69. The van der Waals surface area contributed by atoms with E-state index in [1.807, 2.05) is 0 Å². The minimum Gasteiger partial charge on any atom is -0.351 e. The SMILES string of the molecule is CCCS(=O)(=O)N1CC(=O)N(c2ccc(F)cc2C)[C@](C)(C(=O)NC2CCCCCCC2)C1. The quantitative estimate of drug-likeness (QED) is 0.674.